The Labute approximate surface area is 417 Å². The number of aromatic nitrogens is 3. The van der Waals surface area contributed by atoms with Crippen molar-refractivity contribution in [3.05, 3.63) is 192 Å². The number of imidazole rings is 1. The van der Waals surface area contributed by atoms with Crippen LogP contribution >= 0.6 is 0 Å². The van der Waals surface area contributed by atoms with Gasteiger partial charge in [0.1, 0.15) is 11.6 Å². The molecule has 2 heterocycles. The van der Waals surface area contributed by atoms with Crippen molar-refractivity contribution in [2.24, 2.45) is 0 Å². The second kappa shape index (κ2) is 17.4. The fourth-order valence-electron chi connectivity index (χ4n) is 8.79. The molecule has 0 atom stereocenters. The smallest absolute Gasteiger partial charge is 0.149 e. The first-order valence-corrected chi connectivity index (χ1v) is 21.9. The molecule has 66 heavy (non-hydrogen) atoms. The zero-order valence-corrected chi connectivity index (χ0v) is 37.1. The van der Waals surface area contributed by atoms with E-state index in [2.05, 4.69) is 0 Å². The van der Waals surface area contributed by atoms with E-state index in [9.17, 15) is 5.11 Å². The lowest BCUT2D eigenvalue weighted by Gasteiger charge is -2.28. The van der Waals surface area contributed by atoms with Crippen LogP contribution in [0.15, 0.2) is 170 Å². The third kappa shape index (κ3) is 8.49. The van der Waals surface area contributed by atoms with Crippen molar-refractivity contribution in [3.63, 3.8) is 0 Å². The van der Waals surface area contributed by atoms with Crippen molar-refractivity contribution < 1.29 is 29.8 Å². The second-order valence-electron chi connectivity index (χ2n) is 17.5. The number of benzene rings is 7. The summed E-state index contributed by atoms with van der Waals surface area (Å²) in [5, 5.41) is 13.2. The summed E-state index contributed by atoms with van der Waals surface area (Å²) in [7, 11) is 0. The summed E-state index contributed by atoms with van der Waals surface area (Å²) in [5.41, 5.74) is -1.75. The SMILES string of the molecule is [2H]C([2H])([2H])C(c1cc(-c2nc3c(-c4cc(-c5ccccc5)cc(-c5cc(-c6ccccc6)ccn5)c4)cccc3n2-c2c(C(C)C)cc(-c3ccccc3)cc2C(C)C)c(O)c(C(C([2H])([2H])[2H])(C([2H])([2H])[2H])C([2H])([2H])[2H])c1)(C([2H])([2H])[2H])C([2H])([2H])[2H]. The first-order chi connectivity index (χ1) is 39.1. The zero-order valence-electron chi connectivity index (χ0n) is 55.1. The summed E-state index contributed by atoms with van der Waals surface area (Å²) in [5.74, 6) is -2.36. The van der Waals surface area contributed by atoms with Crippen LogP contribution in [-0.2, 0) is 10.8 Å². The molecule has 0 aliphatic carbocycles. The van der Waals surface area contributed by atoms with Crippen molar-refractivity contribution in [3.8, 4) is 78.6 Å². The standard InChI is InChI=1S/C62H61N3O/c1-39(2)51-34-46(43-25-18-13-19-26-43)35-52(40(3)4)58(51)65-56-28-20-27-50(57(56)64-60(65)53-37-49(61(5,6)7)38-54(59(53)66)62(8,9)10)47-31-45(42-23-16-12-17-24-42)32-48(33-47)55-36-44(29-30-63-55)41-21-14-11-15-22-41/h11-40,66H,1-10H3/i5D3,6D3,7D3,8D3,9D3,10D3. The number of aromatic hydroxyl groups is 1. The van der Waals surface area contributed by atoms with E-state index >= 15 is 0 Å². The molecule has 4 heteroatoms. The lowest BCUT2D eigenvalue weighted by molar-refractivity contribution is 0.446. The van der Waals surface area contributed by atoms with E-state index in [4.69, 9.17) is 34.6 Å². The van der Waals surface area contributed by atoms with Crippen LogP contribution in [0.25, 0.3) is 83.9 Å². The number of fused-ring (bicyclic) bond motifs is 1. The topological polar surface area (TPSA) is 50.9 Å². The Balaban J connectivity index is 1.52. The molecule has 0 aliphatic heterocycles. The van der Waals surface area contributed by atoms with Gasteiger partial charge in [-0.05, 0) is 133 Å². The molecule has 1 N–H and O–H groups in total. The summed E-state index contributed by atoms with van der Waals surface area (Å²) >= 11 is 0. The second-order valence-corrected chi connectivity index (χ2v) is 17.5. The molecule has 0 unspecified atom stereocenters. The number of nitrogens with zero attached hydrogens (tertiary/aromatic N) is 3. The number of phenolic OH excluding ortho intramolecular Hbond substituents is 1. The minimum Gasteiger partial charge on any atom is -0.507 e. The first-order valence-electron chi connectivity index (χ1n) is 30.9. The van der Waals surface area contributed by atoms with Crippen molar-refractivity contribution in [1.29, 1.82) is 0 Å². The molecule has 4 nitrogen and oxygen atoms in total. The zero-order chi connectivity index (χ0) is 61.5. The van der Waals surface area contributed by atoms with Gasteiger partial charge < -0.3 is 5.11 Å². The summed E-state index contributed by atoms with van der Waals surface area (Å²) < 4.78 is 161. The highest BCUT2D eigenvalue weighted by Crippen LogP contribution is 2.47. The monoisotopic (exact) mass is 882 g/mol. The average molecular weight is 882 g/mol. The van der Waals surface area contributed by atoms with Gasteiger partial charge in [-0.3, -0.25) is 9.55 Å². The Hall–Kier alpha value is -7.04. The minimum atomic E-state index is -4.14. The molecule has 330 valence electrons. The summed E-state index contributed by atoms with van der Waals surface area (Å²) in [4.78, 5) is 10.1. The molecule has 7 aromatic carbocycles. The van der Waals surface area contributed by atoms with Crippen LogP contribution in [-0.4, -0.2) is 19.6 Å². The predicted molar refractivity (Wildman–Crippen MR) is 279 cm³/mol. The summed E-state index contributed by atoms with van der Waals surface area (Å²) in [6.07, 6.45) is 1.72. The molecule has 0 fully saturated rings. The van der Waals surface area contributed by atoms with Crippen molar-refractivity contribution in [1.82, 2.24) is 14.5 Å². The van der Waals surface area contributed by atoms with Gasteiger partial charge in [0.05, 0.1) is 28.0 Å². The first kappa shape index (κ1) is 27.4. The molecule has 2 aromatic heterocycles. The Kier molecular flexibility index (Phi) is 7.23. The molecule has 9 aromatic rings. The van der Waals surface area contributed by atoms with E-state index in [-0.39, 0.29) is 23.2 Å². The highest BCUT2D eigenvalue weighted by Gasteiger charge is 2.30. The van der Waals surface area contributed by atoms with Crippen LogP contribution in [0.5, 0.6) is 5.75 Å². The van der Waals surface area contributed by atoms with Gasteiger partial charge in [0.15, 0.2) is 0 Å². The van der Waals surface area contributed by atoms with Crippen LogP contribution in [0.4, 0.5) is 0 Å². The van der Waals surface area contributed by atoms with Gasteiger partial charge >= 0.3 is 0 Å². The highest BCUT2D eigenvalue weighted by molar-refractivity contribution is 5.98. The van der Waals surface area contributed by atoms with Crippen molar-refractivity contribution in [2.45, 2.75) is 91.5 Å². The average Bonchev–Trinajstić information content (AvgIpc) is 0.814. The quantitative estimate of drug-likeness (QED) is 0.157. The van der Waals surface area contributed by atoms with E-state index < -0.39 is 74.4 Å². The van der Waals surface area contributed by atoms with Crippen LogP contribution in [0.3, 0.4) is 0 Å². The third-order valence-electron chi connectivity index (χ3n) is 12.1. The van der Waals surface area contributed by atoms with Crippen LogP contribution in [0.1, 0.15) is 128 Å². The van der Waals surface area contributed by atoms with Crippen LogP contribution in [0.2, 0.25) is 0 Å². The maximum absolute atomic E-state index is 13.2. The number of hydrogen-bond donors (Lipinski definition) is 1. The van der Waals surface area contributed by atoms with Crippen LogP contribution < -0.4 is 0 Å². The van der Waals surface area contributed by atoms with Gasteiger partial charge in [0.25, 0.3) is 0 Å². The molecule has 0 amide bonds. The summed E-state index contributed by atoms with van der Waals surface area (Å²) in [6.45, 7) is -16.8. The molecular formula is C62H61N3O. The largest absolute Gasteiger partial charge is 0.507 e. The van der Waals surface area contributed by atoms with Crippen LogP contribution in [0, 0.1) is 0 Å². The van der Waals surface area contributed by atoms with E-state index in [0.29, 0.717) is 50.8 Å². The predicted octanol–water partition coefficient (Wildman–Crippen LogP) is 17.0. The normalized spacial score (nSPS) is 17.3. The van der Waals surface area contributed by atoms with E-state index in [1.807, 2.05) is 161 Å². The number of hydrogen-bond acceptors (Lipinski definition) is 3. The van der Waals surface area contributed by atoms with Gasteiger partial charge in [-0.15, -0.1) is 0 Å². The van der Waals surface area contributed by atoms with Crippen molar-refractivity contribution in [2.75, 3.05) is 0 Å². The molecular weight excluding hydrogens is 803 g/mol. The van der Waals surface area contributed by atoms with E-state index in [0.717, 1.165) is 39.4 Å². The molecule has 0 saturated carbocycles. The Bertz CT molecular complexity index is 3790. The maximum Gasteiger partial charge on any atom is 0.149 e. The number of para-hydroxylation sites is 1. The molecule has 0 bridgehead atoms. The van der Waals surface area contributed by atoms with E-state index in [1.54, 1.807) is 29.0 Å². The fraction of sp³-hybridized carbons (Fsp3) is 0.226. The minimum absolute atomic E-state index is 0.194. The lowest BCUT2D eigenvalue weighted by Crippen LogP contribution is -2.17. The fourth-order valence-corrected chi connectivity index (χ4v) is 8.79. The molecule has 9 rings (SSSR count). The third-order valence-corrected chi connectivity index (χ3v) is 12.1. The Morgan fingerprint density at radius 1 is 0.500 bits per heavy atom. The molecule has 0 radical (unpaired) electrons. The number of rotatable bonds is 9. The lowest BCUT2D eigenvalue weighted by atomic mass is 9.78. The highest BCUT2D eigenvalue weighted by atomic mass is 16.3. The van der Waals surface area contributed by atoms with Crippen molar-refractivity contribution >= 4 is 11.0 Å². The Morgan fingerprint density at radius 3 is 1.62 bits per heavy atom. The van der Waals surface area contributed by atoms with Gasteiger partial charge in [-0.1, -0.05) is 178 Å². The maximum atomic E-state index is 13.2. The van der Waals surface area contributed by atoms with Gasteiger partial charge in [0.2, 0.25) is 0 Å². The van der Waals surface area contributed by atoms with Gasteiger partial charge in [-0.2, -0.15) is 0 Å². The van der Waals surface area contributed by atoms with Gasteiger partial charge in [0, 0.05) is 47.6 Å². The molecule has 0 saturated heterocycles. The van der Waals surface area contributed by atoms with E-state index in [1.165, 1.54) is 0 Å². The Morgan fingerprint density at radius 2 is 1.05 bits per heavy atom. The molecule has 0 aliphatic rings. The number of phenols is 1. The summed E-state index contributed by atoms with van der Waals surface area (Å²) in [6, 6.07) is 49.0. The van der Waals surface area contributed by atoms with Gasteiger partial charge in [-0.25, -0.2) is 4.98 Å². The molecule has 0 spiro atoms. The number of pyridine rings is 1.